The minimum Gasteiger partial charge on any atom is -0.455 e. The third-order valence-electron chi connectivity index (χ3n) is 5.01. The Labute approximate surface area is 216 Å². The van der Waals surface area contributed by atoms with Crippen LogP contribution in [0.4, 0.5) is 0 Å². The maximum absolute atomic E-state index is 12.2. The Morgan fingerprint density at radius 1 is 0.706 bits per heavy atom. The highest BCUT2D eigenvalue weighted by Crippen LogP contribution is 2.24. The molecule has 0 aliphatic rings. The third kappa shape index (κ3) is 11.0. The molecule has 0 spiro atoms. The van der Waals surface area contributed by atoms with E-state index in [4.69, 9.17) is 9.47 Å². The van der Waals surface area contributed by atoms with Gasteiger partial charge in [-0.3, -0.25) is 4.79 Å². The van der Waals surface area contributed by atoms with Crippen LogP contribution in [0.2, 0.25) is 0 Å². The van der Waals surface area contributed by atoms with Crippen LogP contribution in [0.5, 0.6) is 0 Å². The van der Waals surface area contributed by atoms with E-state index >= 15 is 0 Å². The second-order valence-electron chi connectivity index (χ2n) is 7.56. The SMILES string of the molecule is O=C(CCc1ccccc1CSc1ccccc1)OCSCCOCCSCc1ccccc1. The summed E-state index contributed by atoms with van der Waals surface area (Å²) in [5.74, 6) is 3.98. The Balaban J connectivity index is 1.20. The molecule has 0 fully saturated rings. The topological polar surface area (TPSA) is 35.5 Å². The molecule has 3 nitrogen and oxygen atoms in total. The summed E-state index contributed by atoms with van der Waals surface area (Å²) in [5.41, 5.74) is 3.84. The molecule has 0 atom stereocenters. The van der Waals surface area contributed by atoms with E-state index in [-0.39, 0.29) is 5.97 Å². The molecule has 0 N–H and O–H groups in total. The van der Waals surface area contributed by atoms with E-state index in [9.17, 15) is 4.79 Å². The summed E-state index contributed by atoms with van der Waals surface area (Å²) in [6.07, 6.45) is 1.11. The van der Waals surface area contributed by atoms with Gasteiger partial charge in [-0.25, -0.2) is 0 Å². The first-order valence-corrected chi connectivity index (χ1v) is 14.8. The molecule has 0 radical (unpaired) electrons. The highest BCUT2D eigenvalue weighted by atomic mass is 32.2. The number of carbonyl (C=O) groups excluding carboxylic acids is 1. The lowest BCUT2D eigenvalue weighted by Crippen LogP contribution is -2.08. The molecule has 0 heterocycles. The van der Waals surface area contributed by atoms with Crippen LogP contribution >= 0.6 is 35.3 Å². The van der Waals surface area contributed by atoms with E-state index in [0.29, 0.717) is 25.4 Å². The lowest BCUT2D eigenvalue weighted by atomic mass is 10.0. The third-order valence-corrected chi connectivity index (χ3v) is 7.81. The van der Waals surface area contributed by atoms with Crippen LogP contribution in [-0.4, -0.2) is 36.6 Å². The monoisotopic (exact) mass is 512 g/mol. The van der Waals surface area contributed by atoms with Gasteiger partial charge in [0.1, 0.15) is 5.94 Å². The van der Waals surface area contributed by atoms with Gasteiger partial charge in [0, 0.05) is 34.3 Å². The van der Waals surface area contributed by atoms with Crippen molar-refractivity contribution in [2.24, 2.45) is 0 Å². The molecule has 34 heavy (non-hydrogen) atoms. The standard InChI is InChI=1S/C28H32O3S3/c29-28(31-23-33-20-18-30-17-19-32-21-24-9-3-1-4-10-24)16-15-25-11-7-8-12-26(25)22-34-27-13-5-2-6-14-27/h1-14H,15-23H2. The van der Waals surface area contributed by atoms with E-state index in [0.717, 1.165) is 29.6 Å². The zero-order valence-corrected chi connectivity index (χ0v) is 21.8. The molecule has 3 aromatic carbocycles. The Bertz CT molecular complexity index is 951. The predicted octanol–water partition coefficient (Wildman–Crippen LogP) is 7.10. The zero-order chi connectivity index (χ0) is 23.7. The van der Waals surface area contributed by atoms with Crippen LogP contribution in [0.1, 0.15) is 23.1 Å². The van der Waals surface area contributed by atoms with Crippen molar-refractivity contribution in [1.29, 1.82) is 0 Å². The van der Waals surface area contributed by atoms with Gasteiger partial charge >= 0.3 is 5.97 Å². The summed E-state index contributed by atoms with van der Waals surface area (Å²) in [4.78, 5) is 13.4. The van der Waals surface area contributed by atoms with Gasteiger partial charge in [0.2, 0.25) is 0 Å². The molecule has 0 aliphatic heterocycles. The van der Waals surface area contributed by atoms with E-state index in [1.54, 1.807) is 11.8 Å². The summed E-state index contributed by atoms with van der Waals surface area (Å²) in [6.45, 7) is 1.43. The maximum atomic E-state index is 12.2. The van der Waals surface area contributed by atoms with Crippen molar-refractivity contribution in [3.05, 3.63) is 102 Å². The first-order chi connectivity index (χ1) is 16.8. The molecular formula is C28H32O3S3. The van der Waals surface area contributed by atoms with Crippen molar-refractivity contribution in [3.8, 4) is 0 Å². The lowest BCUT2D eigenvalue weighted by Gasteiger charge is -2.10. The summed E-state index contributed by atoms with van der Waals surface area (Å²) in [5, 5.41) is 0. The predicted molar refractivity (Wildman–Crippen MR) is 148 cm³/mol. The zero-order valence-electron chi connectivity index (χ0n) is 19.4. The summed E-state index contributed by atoms with van der Waals surface area (Å²) < 4.78 is 11.1. The van der Waals surface area contributed by atoms with Crippen molar-refractivity contribution in [2.75, 3.05) is 30.7 Å². The number of carbonyl (C=O) groups is 1. The van der Waals surface area contributed by atoms with Crippen molar-refractivity contribution in [2.45, 2.75) is 29.2 Å². The van der Waals surface area contributed by atoms with Crippen molar-refractivity contribution in [3.63, 3.8) is 0 Å². The molecule has 3 aromatic rings. The van der Waals surface area contributed by atoms with E-state index in [1.807, 2.05) is 41.7 Å². The molecule has 3 rings (SSSR count). The van der Waals surface area contributed by atoms with Gasteiger partial charge in [-0.2, -0.15) is 11.8 Å². The number of ether oxygens (including phenoxy) is 2. The number of thioether (sulfide) groups is 3. The fourth-order valence-electron chi connectivity index (χ4n) is 3.20. The molecular weight excluding hydrogens is 481 g/mol. The molecule has 0 amide bonds. The van der Waals surface area contributed by atoms with Crippen molar-refractivity contribution >= 4 is 41.3 Å². The summed E-state index contributed by atoms with van der Waals surface area (Å²) in [7, 11) is 0. The Morgan fingerprint density at radius 2 is 1.35 bits per heavy atom. The van der Waals surface area contributed by atoms with E-state index in [2.05, 4.69) is 66.7 Å². The number of hydrogen-bond acceptors (Lipinski definition) is 6. The fraction of sp³-hybridized carbons (Fsp3) is 0.321. The Hall–Kier alpha value is -1.86. The normalized spacial score (nSPS) is 10.8. The minimum atomic E-state index is -0.142. The van der Waals surface area contributed by atoms with Crippen LogP contribution in [0.15, 0.2) is 89.8 Å². The second-order valence-corrected chi connectivity index (χ2v) is 10.8. The number of esters is 1. The van der Waals surface area contributed by atoms with Gasteiger partial charge in [-0.1, -0.05) is 72.8 Å². The largest absolute Gasteiger partial charge is 0.455 e. The molecule has 0 saturated heterocycles. The molecule has 0 aromatic heterocycles. The number of aryl methyl sites for hydroxylation is 1. The van der Waals surface area contributed by atoms with Gasteiger partial charge in [0.25, 0.3) is 0 Å². The van der Waals surface area contributed by atoms with Crippen LogP contribution < -0.4 is 0 Å². The fourth-order valence-corrected chi connectivity index (χ4v) is 5.53. The Kier molecular flexibility index (Phi) is 13.1. The van der Waals surface area contributed by atoms with E-state index < -0.39 is 0 Å². The van der Waals surface area contributed by atoms with Crippen LogP contribution in [0.3, 0.4) is 0 Å². The highest BCUT2D eigenvalue weighted by Gasteiger charge is 2.08. The molecule has 0 unspecified atom stereocenters. The van der Waals surface area contributed by atoms with Crippen molar-refractivity contribution < 1.29 is 14.3 Å². The van der Waals surface area contributed by atoms with Crippen molar-refractivity contribution in [1.82, 2.24) is 0 Å². The van der Waals surface area contributed by atoms with Gasteiger partial charge in [0.05, 0.1) is 13.2 Å². The van der Waals surface area contributed by atoms with Crippen LogP contribution in [0, 0.1) is 0 Å². The highest BCUT2D eigenvalue weighted by molar-refractivity contribution is 7.99. The molecule has 6 heteroatoms. The molecule has 0 saturated carbocycles. The lowest BCUT2D eigenvalue weighted by molar-refractivity contribution is -0.141. The first kappa shape index (κ1) is 26.7. The van der Waals surface area contributed by atoms with Crippen LogP contribution in [0.25, 0.3) is 0 Å². The quantitative estimate of drug-likeness (QED) is 0.0882. The summed E-state index contributed by atoms with van der Waals surface area (Å²) in [6, 6.07) is 29.2. The van der Waals surface area contributed by atoms with Gasteiger partial charge in [-0.05, 0) is 35.2 Å². The number of rotatable bonds is 16. The first-order valence-electron chi connectivity index (χ1n) is 11.5. The Morgan fingerprint density at radius 3 is 2.12 bits per heavy atom. The molecule has 0 aliphatic carbocycles. The smallest absolute Gasteiger partial charge is 0.306 e. The average Bonchev–Trinajstić information content (AvgIpc) is 2.89. The second kappa shape index (κ2) is 16.7. The van der Waals surface area contributed by atoms with E-state index in [1.165, 1.54) is 21.6 Å². The van der Waals surface area contributed by atoms with Gasteiger partial charge in [-0.15, -0.1) is 23.5 Å². The van der Waals surface area contributed by atoms with Gasteiger partial charge < -0.3 is 9.47 Å². The summed E-state index contributed by atoms with van der Waals surface area (Å²) >= 11 is 5.29. The average molecular weight is 513 g/mol. The maximum Gasteiger partial charge on any atom is 0.306 e. The van der Waals surface area contributed by atoms with Crippen LogP contribution in [-0.2, 0) is 32.2 Å². The number of hydrogen-bond donors (Lipinski definition) is 0. The molecule has 0 bridgehead atoms. The van der Waals surface area contributed by atoms with Gasteiger partial charge in [0.15, 0.2) is 0 Å². The minimum absolute atomic E-state index is 0.142. The number of benzene rings is 3. The molecule has 180 valence electrons.